The summed E-state index contributed by atoms with van der Waals surface area (Å²) in [7, 11) is -2.58. The summed E-state index contributed by atoms with van der Waals surface area (Å²) in [6.45, 7) is 3.18. The summed E-state index contributed by atoms with van der Waals surface area (Å²) in [5.74, 6) is -1.68. The Hall–Kier alpha value is -1.93. The Morgan fingerprint density at radius 2 is 1.95 bits per heavy atom. The van der Waals surface area contributed by atoms with E-state index < -0.39 is 27.9 Å². The van der Waals surface area contributed by atoms with Crippen LogP contribution in [0.25, 0.3) is 0 Å². The number of carbonyl (C=O) groups excluding carboxylic acids is 1. The largest absolute Gasteiger partial charge is 0.478 e. The number of likely N-dealkylation sites (N-methyl/N-ethyl adjacent to an activating group) is 1. The van der Waals surface area contributed by atoms with Crippen LogP contribution in [0.5, 0.6) is 0 Å². The maximum absolute atomic E-state index is 12.2. The Bertz CT molecular complexity index is 655. The minimum atomic E-state index is -3.97. The zero-order chi connectivity index (χ0) is 16.2. The quantitative estimate of drug-likeness (QED) is 0.702. The number of sulfonamides is 1. The summed E-state index contributed by atoms with van der Waals surface area (Å²) in [5.41, 5.74) is 0.480. The lowest BCUT2D eigenvalue weighted by Gasteiger charge is -2.14. The van der Waals surface area contributed by atoms with Crippen molar-refractivity contribution in [3.8, 4) is 0 Å². The number of amides is 1. The number of carboxylic acids is 1. The minimum absolute atomic E-state index is 0.0621. The molecule has 1 atom stereocenters. The van der Waals surface area contributed by atoms with Crippen molar-refractivity contribution >= 4 is 21.9 Å². The first-order chi connectivity index (χ1) is 9.72. The van der Waals surface area contributed by atoms with Crippen molar-refractivity contribution in [3.05, 3.63) is 29.3 Å². The van der Waals surface area contributed by atoms with Crippen LogP contribution in [0.1, 0.15) is 29.8 Å². The number of aryl methyl sites for hydroxylation is 1. The van der Waals surface area contributed by atoms with Gasteiger partial charge in [-0.2, -0.15) is 4.72 Å². The van der Waals surface area contributed by atoms with E-state index in [1.54, 1.807) is 6.92 Å². The number of rotatable bonds is 6. The Morgan fingerprint density at radius 3 is 2.43 bits per heavy atom. The van der Waals surface area contributed by atoms with Crippen molar-refractivity contribution in [2.24, 2.45) is 0 Å². The highest BCUT2D eigenvalue weighted by Crippen LogP contribution is 2.17. The Morgan fingerprint density at radius 1 is 1.33 bits per heavy atom. The van der Waals surface area contributed by atoms with Gasteiger partial charge in [0.1, 0.15) is 0 Å². The minimum Gasteiger partial charge on any atom is -0.478 e. The Labute approximate surface area is 123 Å². The fourth-order valence-electron chi connectivity index (χ4n) is 1.80. The van der Waals surface area contributed by atoms with Gasteiger partial charge in [0.05, 0.1) is 16.5 Å². The molecule has 0 aliphatic carbocycles. The number of hydrogen-bond acceptors (Lipinski definition) is 4. The lowest BCUT2D eigenvalue weighted by Crippen LogP contribution is -2.43. The molecule has 0 heterocycles. The molecule has 0 spiro atoms. The zero-order valence-electron chi connectivity index (χ0n) is 12.0. The van der Waals surface area contributed by atoms with Crippen molar-refractivity contribution in [1.29, 1.82) is 0 Å². The number of benzene rings is 1. The molecule has 21 heavy (non-hydrogen) atoms. The van der Waals surface area contributed by atoms with Gasteiger partial charge >= 0.3 is 5.97 Å². The van der Waals surface area contributed by atoms with Crippen LogP contribution >= 0.6 is 0 Å². The van der Waals surface area contributed by atoms with Gasteiger partial charge in [-0.1, -0.05) is 13.0 Å². The first-order valence-corrected chi connectivity index (χ1v) is 7.81. The first-order valence-electron chi connectivity index (χ1n) is 6.33. The highest BCUT2D eigenvalue weighted by Gasteiger charge is 2.23. The molecule has 0 aromatic heterocycles. The Kier molecular flexibility index (Phi) is 5.45. The molecule has 1 rings (SSSR count). The molecule has 8 heteroatoms. The monoisotopic (exact) mass is 314 g/mol. The third kappa shape index (κ3) is 4.02. The smallest absolute Gasteiger partial charge is 0.336 e. The highest BCUT2D eigenvalue weighted by molar-refractivity contribution is 7.89. The summed E-state index contributed by atoms with van der Waals surface area (Å²) in [5, 5.41) is 11.4. The molecule has 1 aromatic rings. The first kappa shape index (κ1) is 17.1. The summed E-state index contributed by atoms with van der Waals surface area (Å²) in [4.78, 5) is 22.3. The van der Waals surface area contributed by atoms with E-state index in [1.807, 2.05) is 0 Å². The van der Waals surface area contributed by atoms with Crippen LogP contribution in [0, 0.1) is 0 Å². The fourth-order valence-corrected chi connectivity index (χ4v) is 3.03. The summed E-state index contributed by atoms with van der Waals surface area (Å²) in [6, 6.07) is 2.92. The second kappa shape index (κ2) is 6.68. The molecular formula is C13H18N2O5S. The second-order valence-corrected chi connectivity index (χ2v) is 6.15. The predicted octanol–water partition coefficient (Wildman–Crippen LogP) is 0.360. The van der Waals surface area contributed by atoms with Gasteiger partial charge in [-0.25, -0.2) is 13.2 Å². The normalized spacial score (nSPS) is 12.7. The number of carboxylic acid groups (broad SMARTS) is 1. The predicted molar refractivity (Wildman–Crippen MR) is 76.6 cm³/mol. The number of carbonyl (C=O) groups is 2. The molecule has 7 nitrogen and oxygen atoms in total. The van der Waals surface area contributed by atoms with Crippen molar-refractivity contribution in [1.82, 2.24) is 10.0 Å². The molecule has 0 bridgehead atoms. The summed E-state index contributed by atoms with van der Waals surface area (Å²) in [6.07, 6.45) is 0.476. The second-order valence-electron chi connectivity index (χ2n) is 4.43. The van der Waals surface area contributed by atoms with E-state index in [-0.39, 0.29) is 10.5 Å². The lowest BCUT2D eigenvalue weighted by molar-refractivity contribution is -0.121. The van der Waals surface area contributed by atoms with E-state index in [1.165, 1.54) is 26.1 Å². The average Bonchev–Trinajstić information content (AvgIpc) is 2.44. The molecular weight excluding hydrogens is 296 g/mol. The van der Waals surface area contributed by atoms with E-state index in [9.17, 15) is 18.0 Å². The maximum Gasteiger partial charge on any atom is 0.336 e. The van der Waals surface area contributed by atoms with Crippen LogP contribution in [-0.2, 0) is 21.2 Å². The SMILES string of the molecule is CCc1ccc(S(=O)(=O)NC(C)C(=O)NC)cc1C(=O)O. The molecule has 0 fully saturated rings. The molecule has 0 aliphatic heterocycles. The Balaban J connectivity index is 3.18. The standard InChI is InChI=1S/C13H18N2O5S/c1-4-9-5-6-10(7-11(9)13(17)18)21(19,20)15-8(2)12(16)14-3/h5-8,15H,4H2,1-3H3,(H,14,16)(H,17,18). The van der Waals surface area contributed by atoms with E-state index in [4.69, 9.17) is 5.11 Å². The maximum atomic E-state index is 12.2. The van der Waals surface area contributed by atoms with Crippen molar-refractivity contribution < 1.29 is 23.1 Å². The molecule has 116 valence electrons. The van der Waals surface area contributed by atoms with Crippen LogP contribution in [0.4, 0.5) is 0 Å². The van der Waals surface area contributed by atoms with Gasteiger partial charge in [-0.05, 0) is 31.0 Å². The van der Waals surface area contributed by atoms with Gasteiger partial charge in [0.15, 0.2) is 0 Å². The fraction of sp³-hybridized carbons (Fsp3) is 0.385. The zero-order valence-corrected chi connectivity index (χ0v) is 12.8. The van der Waals surface area contributed by atoms with Crippen molar-refractivity contribution in [2.45, 2.75) is 31.2 Å². The number of nitrogens with one attached hydrogen (secondary N) is 2. The number of aromatic carboxylic acids is 1. The van der Waals surface area contributed by atoms with Crippen LogP contribution in [0.3, 0.4) is 0 Å². The van der Waals surface area contributed by atoms with E-state index >= 15 is 0 Å². The van der Waals surface area contributed by atoms with Gasteiger partial charge in [-0.3, -0.25) is 4.79 Å². The number of hydrogen-bond donors (Lipinski definition) is 3. The topological polar surface area (TPSA) is 113 Å². The molecule has 0 aliphatic rings. The highest BCUT2D eigenvalue weighted by atomic mass is 32.2. The lowest BCUT2D eigenvalue weighted by atomic mass is 10.1. The molecule has 0 saturated carbocycles. The van der Waals surface area contributed by atoms with Crippen LogP contribution in [-0.4, -0.2) is 38.5 Å². The van der Waals surface area contributed by atoms with E-state index in [2.05, 4.69) is 10.0 Å². The third-order valence-corrected chi connectivity index (χ3v) is 4.51. The van der Waals surface area contributed by atoms with Crippen LogP contribution < -0.4 is 10.0 Å². The van der Waals surface area contributed by atoms with Crippen LogP contribution in [0.2, 0.25) is 0 Å². The summed E-state index contributed by atoms with van der Waals surface area (Å²) < 4.78 is 26.5. The van der Waals surface area contributed by atoms with Gasteiger partial charge < -0.3 is 10.4 Å². The van der Waals surface area contributed by atoms with E-state index in [0.717, 1.165) is 6.07 Å². The summed E-state index contributed by atoms with van der Waals surface area (Å²) >= 11 is 0. The van der Waals surface area contributed by atoms with E-state index in [0.29, 0.717) is 12.0 Å². The molecule has 1 amide bonds. The van der Waals surface area contributed by atoms with Crippen molar-refractivity contribution in [3.63, 3.8) is 0 Å². The molecule has 0 saturated heterocycles. The third-order valence-electron chi connectivity index (χ3n) is 2.97. The van der Waals surface area contributed by atoms with Gasteiger partial charge in [0, 0.05) is 7.05 Å². The molecule has 0 radical (unpaired) electrons. The van der Waals surface area contributed by atoms with Crippen molar-refractivity contribution in [2.75, 3.05) is 7.05 Å². The van der Waals surface area contributed by atoms with Crippen LogP contribution in [0.15, 0.2) is 23.1 Å². The molecule has 3 N–H and O–H groups in total. The molecule has 1 unspecified atom stereocenters. The average molecular weight is 314 g/mol. The van der Waals surface area contributed by atoms with Gasteiger partial charge in [-0.15, -0.1) is 0 Å². The van der Waals surface area contributed by atoms with Gasteiger partial charge in [0.25, 0.3) is 0 Å². The van der Waals surface area contributed by atoms with Gasteiger partial charge in [0.2, 0.25) is 15.9 Å². The molecule has 1 aromatic carbocycles.